The van der Waals surface area contributed by atoms with Gasteiger partial charge in [0.2, 0.25) is 5.91 Å². The van der Waals surface area contributed by atoms with E-state index in [9.17, 15) is 4.79 Å². The maximum absolute atomic E-state index is 12.3. The van der Waals surface area contributed by atoms with Crippen LogP contribution < -0.4 is 10.1 Å². The molecule has 3 aromatic rings. The van der Waals surface area contributed by atoms with E-state index in [0.29, 0.717) is 23.1 Å². The van der Waals surface area contributed by atoms with E-state index in [1.807, 2.05) is 55.6 Å². The second kappa shape index (κ2) is 6.75. The van der Waals surface area contributed by atoms with Gasteiger partial charge in [0, 0.05) is 22.1 Å². The number of nitrogens with one attached hydrogen (secondary N) is 2. The van der Waals surface area contributed by atoms with E-state index >= 15 is 0 Å². The minimum Gasteiger partial charge on any atom is -0.492 e. The number of hydrogen-bond donors (Lipinski definition) is 2. The van der Waals surface area contributed by atoms with Gasteiger partial charge >= 0.3 is 0 Å². The lowest BCUT2D eigenvalue weighted by Crippen LogP contribution is -2.15. The Morgan fingerprint density at radius 1 is 1.26 bits per heavy atom. The van der Waals surface area contributed by atoms with Crippen molar-refractivity contribution >= 4 is 34.1 Å². The minimum atomic E-state index is -0.0898. The van der Waals surface area contributed by atoms with Gasteiger partial charge in [-0.15, -0.1) is 0 Å². The number of aromatic amines is 1. The van der Waals surface area contributed by atoms with Crippen molar-refractivity contribution in [2.24, 2.45) is 0 Å². The van der Waals surface area contributed by atoms with E-state index in [1.54, 1.807) is 0 Å². The molecule has 0 aliphatic heterocycles. The van der Waals surface area contributed by atoms with Crippen LogP contribution in [0.25, 0.3) is 10.9 Å². The molecule has 0 atom stereocenters. The fourth-order valence-electron chi connectivity index (χ4n) is 2.52. The van der Waals surface area contributed by atoms with E-state index < -0.39 is 0 Å². The molecule has 0 unspecified atom stereocenters. The lowest BCUT2D eigenvalue weighted by Gasteiger charge is -2.11. The number of hydrogen-bond acceptors (Lipinski definition) is 2. The minimum absolute atomic E-state index is 0.0898. The molecule has 2 aromatic carbocycles. The van der Waals surface area contributed by atoms with Crippen LogP contribution in [0.1, 0.15) is 12.5 Å². The number of amides is 1. The third-order valence-corrected chi connectivity index (χ3v) is 3.78. The first-order chi connectivity index (χ1) is 11.2. The smallest absolute Gasteiger partial charge is 0.228 e. The van der Waals surface area contributed by atoms with Gasteiger partial charge in [-0.1, -0.05) is 29.8 Å². The number of ether oxygens (including phenoxy) is 1. The van der Waals surface area contributed by atoms with Crippen LogP contribution in [-0.2, 0) is 11.2 Å². The van der Waals surface area contributed by atoms with E-state index in [2.05, 4.69) is 10.3 Å². The van der Waals surface area contributed by atoms with E-state index in [4.69, 9.17) is 16.3 Å². The second-order valence-electron chi connectivity index (χ2n) is 5.16. The molecule has 0 aliphatic rings. The van der Waals surface area contributed by atoms with Gasteiger partial charge in [0.05, 0.1) is 18.7 Å². The third kappa shape index (κ3) is 3.48. The first-order valence-corrected chi connectivity index (χ1v) is 7.82. The number of halogens is 1. The maximum atomic E-state index is 12.3. The lowest BCUT2D eigenvalue weighted by atomic mass is 10.1. The van der Waals surface area contributed by atoms with Crippen molar-refractivity contribution in [3.63, 3.8) is 0 Å². The monoisotopic (exact) mass is 328 g/mol. The van der Waals surface area contributed by atoms with Crippen LogP contribution in [0.3, 0.4) is 0 Å². The zero-order chi connectivity index (χ0) is 16.2. The summed E-state index contributed by atoms with van der Waals surface area (Å²) < 4.78 is 5.52. The first-order valence-electron chi connectivity index (χ1n) is 7.44. The van der Waals surface area contributed by atoms with Gasteiger partial charge < -0.3 is 15.0 Å². The summed E-state index contributed by atoms with van der Waals surface area (Å²) in [6, 6.07) is 13.0. The maximum Gasteiger partial charge on any atom is 0.228 e. The van der Waals surface area contributed by atoms with Crippen LogP contribution >= 0.6 is 11.6 Å². The predicted octanol–water partition coefficient (Wildman–Crippen LogP) is 4.40. The van der Waals surface area contributed by atoms with Crippen molar-refractivity contribution in [2.45, 2.75) is 13.3 Å². The second-order valence-corrected chi connectivity index (χ2v) is 5.59. The largest absolute Gasteiger partial charge is 0.492 e. The number of para-hydroxylation sites is 2. The van der Waals surface area contributed by atoms with Crippen LogP contribution in [0, 0.1) is 0 Å². The summed E-state index contributed by atoms with van der Waals surface area (Å²) in [7, 11) is 0. The predicted molar refractivity (Wildman–Crippen MR) is 93.3 cm³/mol. The molecule has 0 fully saturated rings. The Morgan fingerprint density at radius 3 is 2.91 bits per heavy atom. The zero-order valence-corrected chi connectivity index (χ0v) is 13.5. The number of carbonyl (C=O) groups excluding carboxylic acids is 1. The molecule has 3 rings (SSSR count). The van der Waals surface area contributed by atoms with Crippen LogP contribution in [-0.4, -0.2) is 17.5 Å². The number of fused-ring (bicyclic) bond motifs is 1. The Bertz CT molecular complexity index is 842. The van der Waals surface area contributed by atoms with Gasteiger partial charge in [0.15, 0.2) is 0 Å². The summed E-state index contributed by atoms with van der Waals surface area (Å²) in [6.07, 6.45) is 2.12. The van der Waals surface area contributed by atoms with Crippen LogP contribution in [0.5, 0.6) is 5.75 Å². The fraction of sp³-hybridized carbons (Fsp3) is 0.167. The molecule has 0 spiro atoms. The third-order valence-electron chi connectivity index (χ3n) is 3.54. The van der Waals surface area contributed by atoms with Crippen LogP contribution in [0.15, 0.2) is 48.7 Å². The van der Waals surface area contributed by atoms with Crippen LogP contribution in [0.2, 0.25) is 5.02 Å². The Morgan fingerprint density at radius 2 is 2.09 bits per heavy atom. The Kier molecular flexibility index (Phi) is 4.53. The summed E-state index contributed by atoms with van der Waals surface area (Å²) in [6.45, 7) is 2.46. The molecule has 1 amide bonds. The topological polar surface area (TPSA) is 54.1 Å². The highest BCUT2D eigenvalue weighted by atomic mass is 35.5. The average Bonchev–Trinajstić information content (AvgIpc) is 2.91. The van der Waals surface area contributed by atoms with Gasteiger partial charge in [0.25, 0.3) is 0 Å². The quantitative estimate of drug-likeness (QED) is 0.729. The van der Waals surface area contributed by atoms with Gasteiger partial charge in [-0.2, -0.15) is 0 Å². The average molecular weight is 329 g/mol. The molecule has 1 aromatic heterocycles. The zero-order valence-electron chi connectivity index (χ0n) is 12.7. The molecular weight excluding hydrogens is 312 g/mol. The van der Waals surface area contributed by atoms with E-state index in [1.165, 1.54) is 0 Å². The molecule has 118 valence electrons. The van der Waals surface area contributed by atoms with Crippen molar-refractivity contribution < 1.29 is 9.53 Å². The van der Waals surface area contributed by atoms with Crippen molar-refractivity contribution in [3.8, 4) is 5.75 Å². The standard InChI is InChI=1S/C18H17ClN2O2/c1-2-23-17-6-4-3-5-15(17)21-18(22)9-12-11-20-16-10-13(19)7-8-14(12)16/h3-8,10-11,20H,2,9H2,1H3,(H,21,22). The number of H-pyrrole nitrogens is 1. The summed E-state index contributed by atoms with van der Waals surface area (Å²) in [5.41, 5.74) is 2.54. The highest BCUT2D eigenvalue weighted by molar-refractivity contribution is 6.31. The SMILES string of the molecule is CCOc1ccccc1NC(=O)Cc1c[nH]c2cc(Cl)ccc12. The molecule has 0 aliphatic carbocycles. The molecule has 5 heteroatoms. The highest BCUT2D eigenvalue weighted by Crippen LogP contribution is 2.25. The molecule has 0 saturated carbocycles. The number of benzene rings is 2. The number of carbonyl (C=O) groups is 1. The van der Waals surface area contributed by atoms with Crippen molar-refractivity contribution in [3.05, 3.63) is 59.2 Å². The summed E-state index contributed by atoms with van der Waals surface area (Å²) in [5, 5.41) is 4.58. The number of aromatic nitrogens is 1. The molecule has 4 nitrogen and oxygen atoms in total. The first kappa shape index (κ1) is 15.4. The summed E-state index contributed by atoms with van der Waals surface area (Å²) >= 11 is 5.97. The van der Waals surface area contributed by atoms with Gasteiger partial charge in [-0.25, -0.2) is 0 Å². The Hall–Kier alpha value is -2.46. The molecule has 0 bridgehead atoms. The van der Waals surface area contributed by atoms with E-state index in [0.717, 1.165) is 16.5 Å². The molecule has 23 heavy (non-hydrogen) atoms. The number of rotatable bonds is 5. The summed E-state index contributed by atoms with van der Waals surface area (Å²) in [4.78, 5) is 15.5. The van der Waals surface area contributed by atoms with Crippen molar-refractivity contribution in [1.82, 2.24) is 4.98 Å². The van der Waals surface area contributed by atoms with Crippen molar-refractivity contribution in [2.75, 3.05) is 11.9 Å². The van der Waals surface area contributed by atoms with E-state index in [-0.39, 0.29) is 12.3 Å². The van der Waals surface area contributed by atoms with Gasteiger partial charge in [-0.3, -0.25) is 4.79 Å². The summed E-state index contributed by atoms with van der Waals surface area (Å²) in [5.74, 6) is 0.585. The molecule has 1 heterocycles. The normalized spacial score (nSPS) is 10.7. The van der Waals surface area contributed by atoms with Gasteiger partial charge in [0.1, 0.15) is 5.75 Å². The van der Waals surface area contributed by atoms with Crippen molar-refractivity contribution in [1.29, 1.82) is 0 Å². The van der Waals surface area contributed by atoms with Gasteiger partial charge in [-0.05, 0) is 36.8 Å². The number of anilines is 1. The Labute approximate surface area is 139 Å². The lowest BCUT2D eigenvalue weighted by molar-refractivity contribution is -0.115. The van der Waals surface area contributed by atoms with Crippen LogP contribution in [0.4, 0.5) is 5.69 Å². The fourth-order valence-corrected chi connectivity index (χ4v) is 2.70. The molecule has 2 N–H and O–H groups in total. The Balaban J connectivity index is 1.76. The molecular formula is C18H17ClN2O2. The highest BCUT2D eigenvalue weighted by Gasteiger charge is 2.11. The molecule has 0 radical (unpaired) electrons. The molecule has 0 saturated heterocycles.